The van der Waals surface area contributed by atoms with Gasteiger partial charge in [-0.15, -0.1) is 0 Å². The molecule has 0 aliphatic heterocycles. The zero-order valence-electron chi connectivity index (χ0n) is 11.1. The molecule has 1 rings (SSSR count). The summed E-state index contributed by atoms with van der Waals surface area (Å²) in [6.45, 7) is 6.64. The lowest BCUT2D eigenvalue weighted by Crippen LogP contribution is -2.10. The van der Waals surface area contributed by atoms with E-state index in [1.165, 1.54) is 0 Å². The highest BCUT2D eigenvalue weighted by Gasteiger charge is 2.00. The van der Waals surface area contributed by atoms with E-state index in [0.717, 1.165) is 37.0 Å². The largest absolute Gasteiger partial charge is 0.394 e. The maximum absolute atomic E-state index is 8.55. The molecule has 0 aromatic carbocycles. The Kier molecular flexibility index (Phi) is 7.05. The van der Waals surface area contributed by atoms with E-state index in [-0.39, 0.29) is 6.61 Å². The van der Waals surface area contributed by atoms with E-state index in [2.05, 4.69) is 20.6 Å². The Hall–Kier alpha value is -1.40. The van der Waals surface area contributed by atoms with Crippen LogP contribution in [0.1, 0.15) is 19.2 Å². The molecule has 0 aliphatic carbocycles. The van der Waals surface area contributed by atoms with Crippen molar-refractivity contribution in [1.29, 1.82) is 0 Å². The van der Waals surface area contributed by atoms with Crippen LogP contribution in [0.15, 0.2) is 6.07 Å². The minimum Gasteiger partial charge on any atom is -0.394 e. The number of nitrogens with zero attached hydrogens (tertiary/aromatic N) is 2. The van der Waals surface area contributed by atoms with E-state index >= 15 is 0 Å². The first-order chi connectivity index (χ1) is 8.76. The maximum atomic E-state index is 8.55. The third-order valence-corrected chi connectivity index (χ3v) is 2.20. The van der Waals surface area contributed by atoms with E-state index in [9.17, 15) is 0 Å². The summed E-state index contributed by atoms with van der Waals surface area (Å²) in [6, 6.07) is 1.89. The molecule has 3 N–H and O–H groups in total. The van der Waals surface area contributed by atoms with Gasteiger partial charge in [-0.3, -0.25) is 0 Å². The van der Waals surface area contributed by atoms with Gasteiger partial charge >= 0.3 is 0 Å². The van der Waals surface area contributed by atoms with Crippen molar-refractivity contribution < 1.29 is 9.84 Å². The van der Waals surface area contributed by atoms with Crippen molar-refractivity contribution in [3.05, 3.63) is 11.9 Å². The number of rotatable bonds is 9. The van der Waals surface area contributed by atoms with E-state index in [0.29, 0.717) is 13.2 Å². The molecule has 1 aromatic heterocycles. The van der Waals surface area contributed by atoms with Gasteiger partial charge in [-0.2, -0.15) is 0 Å². The zero-order chi connectivity index (χ0) is 13.2. The Bertz CT molecular complexity index is 347. The Labute approximate surface area is 108 Å². The van der Waals surface area contributed by atoms with Gasteiger partial charge in [-0.05, 0) is 20.3 Å². The molecule has 18 heavy (non-hydrogen) atoms. The molecule has 0 radical (unpaired) electrons. The van der Waals surface area contributed by atoms with Gasteiger partial charge in [0.1, 0.15) is 17.5 Å². The molecule has 0 amide bonds. The first-order valence-electron chi connectivity index (χ1n) is 6.28. The van der Waals surface area contributed by atoms with E-state index in [1.54, 1.807) is 0 Å². The fourth-order valence-corrected chi connectivity index (χ4v) is 1.49. The van der Waals surface area contributed by atoms with Gasteiger partial charge in [0.15, 0.2) is 0 Å². The quantitative estimate of drug-likeness (QED) is 0.571. The normalized spacial score (nSPS) is 10.4. The van der Waals surface area contributed by atoms with Gasteiger partial charge < -0.3 is 20.5 Å². The first-order valence-corrected chi connectivity index (χ1v) is 6.28. The van der Waals surface area contributed by atoms with Crippen LogP contribution in [0.25, 0.3) is 0 Å². The van der Waals surface area contributed by atoms with Crippen molar-refractivity contribution in [2.45, 2.75) is 20.3 Å². The number of aromatic nitrogens is 2. The standard InChI is InChI=1S/C12H22N4O2/c1-3-13-11-9-12(16-10(2)15-11)14-5-4-7-18-8-6-17/h9,17H,3-8H2,1-2H3,(H2,13,14,15,16). The van der Waals surface area contributed by atoms with Crippen LogP contribution >= 0.6 is 0 Å². The average Bonchev–Trinajstić information content (AvgIpc) is 2.33. The lowest BCUT2D eigenvalue weighted by atomic mass is 10.4. The van der Waals surface area contributed by atoms with Crippen molar-refractivity contribution in [1.82, 2.24) is 9.97 Å². The highest BCUT2D eigenvalue weighted by atomic mass is 16.5. The van der Waals surface area contributed by atoms with Crippen LogP contribution in [0.3, 0.4) is 0 Å². The molecule has 0 unspecified atom stereocenters. The van der Waals surface area contributed by atoms with Crippen LogP contribution < -0.4 is 10.6 Å². The molecule has 0 saturated heterocycles. The second kappa shape index (κ2) is 8.66. The molecule has 102 valence electrons. The van der Waals surface area contributed by atoms with Crippen molar-refractivity contribution in [2.75, 3.05) is 43.5 Å². The Morgan fingerprint density at radius 2 is 1.94 bits per heavy atom. The summed E-state index contributed by atoms with van der Waals surface area (Å²) >= 11 is 0. The third kappa shape index (κ3) is 5.79. The van der Waals surface area contributed by atoms with Crippen molar-refractivity contribution in [2.24, 2.45) is 0 Å². The van der Waals surface area contributed by atoms with Crippen LogP contribution in [-0.2, 0) is 4.74 Å². The summed E-state index contributed by atoms with van der Waals surface area (Å²) in [6.07, 6.45) is 0.875. The number of aliphatic hydroxyl groups is 1. The molecule has 0 fully saturated rings. The predicted octanol–water partition coefficient (Wildman–Crippen LogP) is 1.03. The SMILES string of the molecule is CCNc1cc(NCCCOCCO)nc(C)n1. The highest BCUT2D eigenvalue weighted by molar-refractivity contribution is 5.47. The number of aryl methyl sites for hydroxylation is 1. The average molecular weight is 254 g/mol. The third-order valence-electron chi connectivity index (χ3n) is 2.20. The number of ether oxygens (including phenoxy) is 1. The second-order valence-corrected chi connectivity index (χ2v) is 3.83. The molecule has 1 heterocycles. The molecular weight excluding hydrogens is 232 g/mol. The summed E-state index contributed by atoms with van der Waals surface area (Å²) in [5.41, 5.74) is 0. The molecule has 1 aromatic rings. The molecule has 0 bridgehead atoms. The van der Waals surface area contributed by atoms with Crippen LogP contribution in [0.4, 0.5) is 11.6 Å². The van der Waals surface area contributed by atoms with E-state index < -0.39 is 0 Å². The molecule has 6 nitrogen and oxygen atoms in total. The van der Waals surface area contributed by atoms with Gasteiger partial charge in [0.2, 0.25) is 0 Å². The summed E-state index contributed by atoms with van der Waals surface area (Å²) < 4.78 is 5.17. The molecule has 6 heteroatoms. The van der Waals surface area contributed by atoms with Gasteiger partial charge in [0.25, 0.3) is 0 Å². The zero-order valence-corrected chi connectivity index (χ0v) is 11.1. The minimum absolute atomic E-state index is 0.0740. The van der Waals surface area contributed by atoms with Crippen molar-refractivity contribution in [3.8, 4) is 0 Å². The summed E-state index contributed by atoms with van der Waals surface area (Å²) in [5, 5.41) is 14.9. The van der Waals surface area contributed by atoms with E-state index in [1.807, 2.05) is 19.9 Å². The summed E-state index contributed by atoms with van der Waals surface area (Å²) in [5.74, 6) is 2.40. The molecule has 0 atom stereocenters. The maximum Gasteiger partial charge on any atom is 0.131 e. The van der Waals surface area contributed by atoms with Crippen LogP contribution in [0.2, 0.25) is 0 Å². The molecular formula is C12H22N4O2. The predicted molar refractivity (Wildman–Crippen MR) is 71.9 cm³/mol. The monoisotopic (exact) mass is 254 g/mol. The fourth-order valence-electron chi connectivity index (χ4n) is 1.49. The minimum atomic E-state index is 0.0740. The van der Waals surface area contributed by atoms with Gasteiger partial charge in [-0.1, -0.05) is 0 Å². The molecule has 0 spiro atoms. The highest BCUT2D eigenvalue weighted by Crippen LogP contribution is 2.10. The van der Waals surface area contributed by atoms with Gasteiger partial charge in [-0.25, -0.2) is 9.97 Å². The smallest absolute Gasteiger partial charge is 0.131 e. The second-order valence-electron chi connectivity index (χ2n) is 3.83. The Morgan fingerprint density at radius 3 is 2.61 bits per heavy atom. The Morgan fingerprint density at radius 1 is 1.22 bits per heavy atom. The Balaban J connectivity index is 2.32. The van der Waals surface area contributed by atoms with Crippen LogP contribution in [-0.4, -0.2) is 48.0 Å². The van der Waals surface area contributed by atoms with Crippen molar-refractivity contribution in [3.63, 3.8) is 0 Å². The van der Waals surface area contributed by atoms with Crippen LogP contribution in [0, 0.1) is 6.92 Å². The lowest BCUT2D eigenvalue weighted by Gasteiger charge is -2.09. The number of aliphatic hydroxyl groups excluding tert-OH is 1. The number of hydrogen-bond acceptors (Lipinski definition) is 6. The van der Waals surface area contributed by atoms with Crippen molar-refractivity contribution >= 4 is 11.6 Å². The first kappa shape index (κ1) is 14.7. The van der Waals surface area contributed by atoms with Crippen LogP contribution in [0.5, 0.6) is 0 Å². The summed E-state index contributed by atoms with van der Waals surface area (Å²) in [4.78, 5) is 8.58. The lowest BCUT2D eigenvalue weighted by molar-refractivity contribution is 0.0922. The summed E-state index contributed by atoms with van der Waals surface area (Å²) in [7, 11) is 0. The topological polar surface area (TPSA) is 79.3 Å². The number of nitrogens with one attached hydrogen (secondary N) is 2. The van der Waals surface area contributed by atoms with E-state index in [4.69, 9.17) is 9.84 Å². The molecule has 0 aliphatic rings. The fraction of sp³-hybridized carbons (Fsp3) is 0.667. The number of hydrogen-bond donors (Lipinski definition) is 3. The van der Waals surface area contributed by atoms with Gasteiger partial charge in [0.05, 0.1) is 13.2 Å². The van der Waals surface area contributed by atoms with Gasteiger partial charge in [0, 0.05) is 25.8 Å². The number of anilines is 2. The molecule has 0 saturated carbocycles.